The molecule has 22 heteroatoms. The molecule has 43 heavy (non-hydrogen) atoms. The first-order valence-electron chi connectivity index (χ1n) is 12.8. The second-order valence-corrected chi connectivity index (χ2v) is 12.9. The van der Waals surface area contributed by atoms with Crippen LogP contribution in [0.5, 0.6) is 0 Å². The number of nitrogens with two attached hydrogens (primary N) is 1. The SMILES string of the molecule is Nc1ncnc2c1ccn2[C@@H]1OC2COP(=O)(O)O[C@@H]3CC(COP(=O)(O)O[C@H]2[C@H]1O)O[C@H]3N1C=NC2C(=O)N=CN=C21. The number of aromatic nitrogens is 3. The molecule has 2 aromatic rings. The van der Waals surface area contributed by atoms with Crippen LogP contribution < -0.4 is 5.73 Å². The van der Waals surface area contributed by atoms with Crippen LogP contribution in [-0.2, 0) is 41.5 Å². The van der Waals surface area contributed by atoms with Gasteiger partial charge in [0.2, 0.25) is 0 Å². The fourth-order valence-electron chi connectivity index (χ4n) is 5.43. The molecule has 5 unspecified atom stereocenters. The third-order valence-electron chi connectivity index (χ3n) is 7.35. The Kier molecular flexibility index (Phi) is 7.07. The number of aliphatic hydroxyl groups excluding tert-OH is 1. The summed E-state index contributed by atoms with van der Waals surface area (Å²) in [6.45, 7) is -1.23. The molecule has 1 amide bonds. The normalized spacial score (nSPS) is 41.4. The number of rotatable bonds is 2. The highest BCUT2D eigenvalue weighted by Gasteiger charge is 2.52. The summed E-state index contributed by atoms with van der Waals surface area (Å²) in [7, 11) is -9.76. The predicted molar refractivity (Wildman–Crippen MR) is 141 cm³/mol. The van der Waals surface area contributed by atoms with E-state index in [-0.39, 0.29) is 23.7 Å². The van der Waals surface area contributed by atoms with Crippen LogP contribution in [0.25, 0.3) is 11.0 Å². The number of amidine groups is 1. The number of carbonyl (C=O) groups is 1. The average Bonchev–Trinajstić information content (AvgIpc) is 3.72. The molecule has 0 aromatic carbocycles. The van der Waals surface area contributed by atoms with Crippen LogP contribution in [0, 0.1) is 0 Å². The number of nitrogens with zero attached hydrogens (tertiary/aromatic N) is 7. The summed E-state index contributed by atoms with van der Waals surface area (Å²) in [5, 5.41) is 11.6. The van der Waals surface area contributed by atoms with Gasteiger partial charge in [-0.3, -0.25) is 32.8 Å². The van der Waals surface area contributed by atoms with Crippen molar-refractivity contribution >= 4 is 56.9 Å². The molecular formula is C21H24N8O12P2. The fourth-order valence-corrected chi connectivity index (χ4v) is 7.34. The second kappa shape index (κ2) is 10.6. The number of nitrogen functional groups attached to an aromatic ring is 1. The lowest BCUT2D eigenvalue weighted by molar-refractivity contribution is -0.117. The molecule has 7 rings (SSSR count). The number of fused-ring (bicyclic) bond motifs is 5. The van der Waals surface area contributed by atoms with E-state index in [1.165, 1.54) is 28.3 Å². The quantitative estimate of drug-likeness (QED) is 0.289. The standard InChI is InChI=1S/C21H24N8O12P2/c22-16-10-1-2-28(17(10)24-6-23-16)21-14(30)15-12(39-21)5-37-42(32,33)40-11-3-9(4-36-43(34,35)41-15)38-20(11)29-8-27-13-18(29)25-7-26-19(13)31/h1-2,6-9,11-15,20-21,30H,3-5H2,(H,32,33)(H,34,35)(H2,22,23,24)/t9?,11-,12?,13?,14-,15-,20-,21-/m1/s1. The van der Waals surface area contributed by atoms with Crippen LogP contribution >= 0.6 is 15.6 Å². The Morgan fingerprint density at radius 3 is 2.65 bits per heavy atom. The Hall–Kier alpha value is -3.00. The van der Waals surface area contributed by atoms with Crippen molar-refractivity contribution in [2.75, 3.05) is 18.9 Å². The molecule has 20 nitrogen and oxygen atoms in total. The van der Waals surface area contributed by atoms with E-state index in [1.54, 1.807) is 6.07 Å². The van der Waals surface area contributed by atoms with Gasteiger partial charge in [-0.05, 0) is 6.07 Å². The van der Waals surface area contributed by atoms with Crippen molar-refractivity contribution in [1.29, 1.82) is 0 Å². The zero-order valence-electron chi connectivity index (χ0n) is 21.7. The average molecular weight is 642 g/mol. The van der Waals surface area contributed by atoms with E-state index in [1.807, 2.05) is 0 Å². The Morgan fingerprint density at radius 1 is 1.02 bits per heavy atom. The number of aliphatic imine (C=N–C) groups is 3. The maximum absolute atomic E-state index is 13.1. The molecule has 3 saturated heterocycles. The van der Waals surface area contributed by atoms with E-state index in [9.17, 15) is 28.8 Å². The molecule has 5 aliphatic heterocycles. The predicted octanol–water partition coefficient (Wildman–Crippen LogP) is -0.916. The Morgan fingerprint density at radius 2 is 1.81 bits per heavy atom. The first-order valence-corrected chi connectivity index (χ1v) is 15.8. The summed E-state index contributed by atoms with van der Waals surface area (Å²) in [4.78, 5) is 54.5. The maximum atomic E-state index is 13.1. The Balaban J connectivity index is 1.15. The van der Waals surface area contributed by atoms with Gasteiger partial charge in [-0.15, -0.1) is 0 Å². The smallest absolute Gasteiger partial charge is 0.386 e. The highest BCUT2D eigenvalue weighted by atomic mass is 31.2. The van der Waals surface area contributed by atoms with Crippen molar-refractivity contribution in [3.05, 3.63) is 18.6 Å². The van der Waals surface area contributed by atoms with E-state index >= 15 is 0 Å². The van der Waals surface area contributed by atoms with Crippen molar-refractivity contribution in [2.24, 2.45) is 15.0 Å². The van der Waals surface area contributed by atoms with Gasteiger partial charge >= 0.3 is 15.6 Å². The molecule has 2 bridgehead atoms. The fraction of sp³-hybridized carbons (Fsp3) is 0.524. The van der Waals surface area contributed by atoms with E-state index in [0.717, 1.165) is 6.34 Å². The van der Waals surface area contributed by atoms with Crippen molar-refractivity contribution < 1.29 is 56.4 Å². The molecule has 230 valence electrons. The lowest BCUT2D eigenvalue weighted by Crippen LogP contribution is -2.47. The third-order valence-corrected chi connectivity index (χ3v) is 9.35. The summed E-state index contributed by atoms with van der Waals surface area (Å²) in [6.07, 6.45) is -4.12. The van der Waals surface area contributed by atoms with Gasteiger partial charge in [-0.1, -0.05) is 0 Å². The van der Waals surface area contributed by atoms with Gasteiger partial charge in [0.1, 0.15) is 54.4 Å². The zero-order chi connectivity index (χ0) is 30.1. The topological polar surface area (TPSA) is 264 Å². The highest BCUT2D eigenvalue weighted by molar-refractivity contribution is 7.47. The van der Waals surface area contributed by atoms with Gasteiger partial charge < -0.3 is 34.7 Å². The van der Waals surface area contributed by atoms with Crippen LogP contribution in [0.3, 0.4) is 0 Å². The summed E-state index contributed by atoms with van der Waals surface area (Å²) in [6, 6.07) is 0.568. The van der Waals surface area contributed by atoms with Gasteiger partial charge in [0.25, 0.3) is 5.91 Å². The third kappa shape index (κ3) is 5.23. The molecule has 7 heterocycles. The largest absolute Gasteiger partial charge is 0.472 e. The monoisotopic (exact) mass is 642 g/mol. The summed E-state index contributed by atoms with van der Waals surface area (Å²) in [5.41, 5.74) is 6.19. The van der Waals surface area contributed by atoms with Crippen molar-refractivity contribution in [3.8, 4) is 0 Å². The van der Waals surface area contributed by atoms with Crippen LogP contribution in [0.2, 0.25) is 0 Å². The van der Waals surface area contributed by atoms with Gasteiger partial charge in [0.05, 0.1) is 31.0 Å². The number of anilines is 1. The molecule has 0 radical (unpaired) electrons. The van der Waals surface area contributed by atoms with Gasteiger partial charge in [0, 0.05) is 12.6 Å². The van der Waals surface area contributed by atoms with Gasteiger partial charge in [-0.2, -0.15) is 4.99 Å². The number of amides is 1. The van der Waals surface area contributed by atoms with E-state index in [4.69, 9.17) is 33.3 Å². The van der Waals surface area contributed by atoms with Gasteiger partial charge in [0.15, 0.2) is 18.5 Å². The number of hydrogen-bond donors (Lipinski definition) is 4. The lowest BCUT2D eigenvalue weighted by atomic mass is 10.1. The maximum Gasteiger partial charge on any atom is 0.472 e. The van der Waals surface area contributed by atoms with Gasteiger partial charge in [-0.25, -0.2) is 24.1 Å². The Labute approximate surface area is 241 Å². The molecule has 10 atom stereocenters. The highest BCUT2D eigenvalue weighted by Crippen LogP contribution is 2.53. The van der Waals surface area contributed by atoms with Crippen molar-refractivity contribution in [3.63, 3.8) is 0 Å². The molecule has 3 fully saturated rings. The van der Waals surface area contributed by atoms with Crippen molar-refractivity contribution in [1.82, 2.24) is 19.4 Å². The lowest BCUT2D eigenvalue weighted by Gasteiger charge is -2.30. The molecule has 0 aliphatic carbocycles. The second-order valence-electron chi connectivity index (χ2n) is 10.0. The molecular weight excluding hydrogens is 618 g/mol. The number of phosphoric ester groups is 2. The van der Waals surface area contributed by atoms with Crippen LogP contribution in [-0.4, -0.2) is 115 Å². The van der Waals surface area contributed by atoms with Crippen LogP contribution in [0.15, 0.2) is 33.6 Å². The molecule has 5 aliphatic rings. The zero-order valence-corrected chi connectivity index (χ0v) is 23.5. The molecule has 5 N–H and O–H groups in total. The minimum atomic E-state index is -4.89. The van der Waals surface area contributed by atoms with Crippen molar-refractivity contribution in [2.45, 2.75) is 55.4 Å². The summed E-state index contributed by atoms with van der Waals surface area (Å²) < 4.78 is 60.6. The minimum Gasteiger partial charge on any atom is -0.386 e. The summed E-state index contributed by atoms with van der Waals surface area (Å²) >= 11 is 0. The first-order chi connectivity index (χ1) is 20.5. The molecule has 2 aromatic heterocycles. The first kappa shape index (κ1) is 28.8. The van der Waals surface area contributed by atoms with Crippen LogP contribution in [0.4, 0.5) is 5.82 Å². The van der Waals surface area contributed by atoms with Crippen LogP contribution in [0.1, 0.15) is 12.6 Å². The number of ether oxygens (including phenoxy) is 2. The van der Waals surface area contributed by atoms with E-state index in [0.29, 0.717) is 5.39 Å². The summed E-state index contributed by atoms with van der Waals surface area (Å²) in [5.74, 6) is -0.240. The molecule has 0 spiro atoms. The minimum absolute atomic E-state index is 0.0946. The number of hydrogen-bond acceptors (Lipinski definition) is 16. The van der Waals surface area contributed by atoms with E-state index in [2.05, 4.69) is 24.9 Å². The number of carbonyl (C=O) groups excluding carboxylic acids is 1. The number of aliphatic hydroxyl groups is 1. The number of phosphoric acid groups is 2. The van der Waals surface area contributed by atoms with E-state index < -0.39 is 83.8 Å². The molecule has 0 saturated carbocycles. The Bertz CT molecular complexity index is 1650.